The molecular formula is C22H20BrCl2NO4. The Balaban J connectivity index is 1.92. The van der Waals surface area contributed by atoms with Crippen molar-refractivity contribution in [2.45, 2.75) is 31.9 Å². The molecule has 1 atom stereocenters. The summed E-state index contributed by atoms with van der Waals surface area (Å²) in [6, 6.07) is 7.55. The summed E-state index contributed by atoms with van der Waals surface area (Å²) in [7, 11) is 1.27. The summed E-state index contributed by atoms with van der Waals surface area (Å²) in [6.45, 7) is 3.91. The lowest BCUT2D eigenvalue weighted by Crippen LogP contribution is -2.43. The Hall–Kier alpha value is -2.02. The third-order valence-electron chi connectivity index (χ3n) is 4.66. The molecule has 1 aliphatic rings. The van der Waals surface area contributed by atoms with E-state index in [1.807, 2.05) is 38.1 Å². The van der Waals surface area contributed by atoms with E-state index in [4.69, 9.17) is 32.7 Å². The Morgan fingerprint density at radius 2 is 1.87 bits per heavy atom. The van der Waals surface area contributed by atoms with Gasteiger partial charge in [0.1, 0.15) is 17.4 Å². The van der Waals surface area contributed by atoms with Gasteiger partial charge in [0.15, 0.2) is 0 Å². The van der Waals surface area contributed by atoms with Crippen LogP contribution in [-0.4, -0.2) is 30.6 Å². The van der Waals surface area contributed by atoms with Crippen molar-refractivity contribution < 1.29 is 19.1 Å². The second kappa shape index (κ2) is 9.00. The fraction of sp³-hybridized carbons (Fsp3) is 0.273. The van der Waals surface area contributed by atoms with Gasteiger partial charge in [-0.3, -0.25) is 4.79 Å². The topological polar surface area (TPSA) is 64.6 Å². The van der Waals surface area contributed by atoms with Crippen LogP contribution in [0.5, 0.6) is 5.75 Å². The number of methoxy groups -OCH3 is 1. The molecule has 2 aromatic rings. The maximum Gasteiger partial charge on any atom is 0.328 e. The van der Waals surface area contributed by atoms with E-state index in [1.165, 1.54) is 7.11 Å². The van der Waals surface area contributed by atoms with E-state index in [0.717, 1.165) is 15.6 Å². The lowest BCUT2D eigenvalue weighted by molar-refractivity contribution is -0.142. The minimum absolute atomic E-state index is 0.109. The molecule has 158 valence electrons. The molecule has 0 bridgehead atoms. The van der Waals surface area contributed by atoms with Crippen LogP contribution in [0.2, 0.25) is 10.0 Å². The quantitative estimate of drug-likeness (QED) is 0.540. The van der Waals surface area contributed by atoms with Crippen LogP contribution >= 0.6 is 39.1 Å². The largest absolute Gasteiger partial charge is 0.482 e. The number of benzene rings is 2. The van der Waals surface area contributed by atoms with E-state index >= 15 is 0 Å². The highest BCUT2D eigenvalue weighted by Crippen LogP contribution is 2.39. The number of carbonyl (C=O) groups is 2. The molecule has 0 saturated heterocycles. The first-order valence-electron chi connectivity index (χ1n) is 9.15. The number of hydrogen-bond acceptors (Lipinski definition) is 4. The van der Waals surface area contributed by atoms with E-state index < -0.39 is 23.5 Å². The van der Waals surface area contributed by atoms with Crippen molar-refractivity contribution in [2.24, 2.45) is 0 Å². The number of fused-ring (bicyclic) bond motifs is 1. The predicted octanol–water partition coefficient (Wildman–Crippen LogP) is 5.45. The smallest absolute Gasteiger partial charge is 0.328 e. The maximum absolute atomic E-state index is 12.8. The molecule has 0 aliphatic carbocycles. The van der Waals surface area contributed by atoms with Gasteiger partial charge in [0, 0.05) is 12.0 Å². The highest BCUT2D eigenvalue weighted by molar-refractivity contribution is 9.10. The summed E-state index contributed by atoms with van der Waals surface area (Å²) in [5, 5.41) is 3.09. The molecule has 1 aliphatic heterocycles. The number of carbonyl (C=O) groups excluding carboxylic acids is 2. The fourth-order valence-electron chi connectivity index (χ4n) is 3.16. The van der Waals surface area contributed by atoms with Gasteiger partial charge in [-0.15, -0.1) is 0 Å². The van der Waals surface area contributed by atoms with E-state index in [1.54, 1.807) is 18.2 Å². The molecule has 8 heteroatoms. The predicted molar refractivity (Wildman–Crippen MR) is 121 cm³/mol. The summed E-state index contributed by atoms with van der Waals surface area (Å²) >= 11 is 15.8. The van der Waals surface area contributed by atoms with Gasteiger partial charge >= 0.3 is 5.97 Å². The molecular weight excluding hydrogens is 493 g/mol. The van der Waals surface area contributed by atoms with Crippen molar-refractivity contribution in [2.75, 3.05) is 7.11 Å². The van der Waals surface area contributed by atoms with Gasteiger partial charge in [-0.05, 0) is 59.6 Å². The number of ether oxygens (including phenoxy) is 2. The number of nitrogens with one attached hydrogen (secondary N) is 1. The van der Waals surface area contributed by atoms with Crippen LogP contribution in [0.25, 0.3) is 6.08 Å². The third-order valence-corrected chi connectivity index (χ3v) is 5.91. The van der Waals surface area contributed by atoms with Crippen LogP contribution in [0, 0.1) is 0 Å². The van der Waals surface area contributed by atoms with Gasteiger partial charge in [-0.2, -0.15) is 0 Å². The first-order valence-corrected chi connectivity index (χ1v) is 10.7. The van der Waals surface area contributed by atoms with Crippen molar-refractivity contribution in [3.8, 4) is 5.75 Å². The van der Waals surface area contributed by atoms with Crippen LogP contribution < -0.4 is 10.1 Å². The van der Waals surface area contributed by atoms with Crippen LogP contribution in [0.4, 0.5) is 0 Å². The van der Waals surface area contributed by atoms with Crippen molar-refractivity contribution in [3.63, 3.8) is 0 Å². The van der Waals surface area contributed by atoms with Crippen molar-refractivity contribution >= 4 is 57.1 Å². The Labute approximate surface area is 193 Å². The summed E-state index contributed by atoms with van der Waals surface area (Å²) < 4.78 is 11.8. The molecule has 30 heavy (non-hydrogen) atoms. The van der Waals surface area contributed by atoms with Crippen molar-refractivity contribution in [1.82, 2.24) is 5.32 Å². The molecule has 1 amide bonds. The number of rotatable bonds is 5. The first kappa shape index (κ1) is 22.7. The monoisotopic (exact) mass is 511 g/mol. The zero-order chi connectivity index (χ0) is 22.1. The SMILES string of the molecule is COC(=O)[C@H](Cc1ccc(Br)c2c1C=CC(C)(C)O2)NC(=O)c1c(Cl)cccc1Cl. The third kappa shape index (κ3) is 4.82. The summed E-state index contributed by atoms with van der Waals surface area (Å²) in [5.74, 6) is -0.451. The Morgan fingerprint density at radius 3 is 2.50 bits per heavy atom. The molecule has 1 N–H and O–H groups in total. The molecule has 0 radical (unpaired) electrons. The second-order valence-corrected chi connectivity index (χ2v) is 9.01. The van der Waals surface area contributed by atoms with E-state index in [0.29, 0.717) is 5.75 Å². The number of hydrogen-bond donors (Lipinski definition) is 1. The lowest BCUT2D eigenvalue weighted by atomic mass is 9.95. The van der Waals surface area contributed by atoms with Gasteiger partial charge in [0.25, 0.3) is 5.91 Å². The number of amides is 1. The molecule has 0 spiro atoms. The van der Waals surface area contributed by atoms with E-state index in [-0.39, 0.29) is 22.0 Å². The molecule has 0 fully saturated rings. The van der Waals surface area contributed by atoms with E-state index in [2.05, 4.69) is 21.2 Å². The standard InChI is InChI=1S/C22H20BrCl2NO4/c1-22(2)10-9-13-12(7-8-14(23)19(13)30-22)11-17(21(28)29-3)26-20(27)18-15(24)5-4-6-16(18)25/h4-10,17H,11H2,1-3H3,(H,26,27)/t17-/m0/s1. The summed E-state index contributed by atoms with van der Waals surface area (Å²) in [4.78, 5) is 25.2. The maximum atomic E-state index is 12.8. The fourth-order valence-corrected chi connectivity index (χ4v) is 4.16. The zero-order valence-corrected chi connectivity index (χ0v) is 19.7. The van der Waals surface area contributed by atoms with Crippen LogP contribution in [0.15, 0.2) is 40.9 Å². The zero-order valence-electron chi connectivity index (χ0n) is 16.6. The minimum atomic E-state index is -0.941. The van der Waals surface area contributed by atoms with Crippen LogP contribution in [-0.2, 0) is 16.0 Å². The van der Waals surface area contributed by atoms with Crippen LogP contribution in [0.1, 0.15) is 35.3 Å². The number of esters is 1. The van der Waals surface area contributed by atoms with Gasteiger partial charge < -0.3 is 14.8 Å². The number of halogens is 3. The highest BCUT2D eigenvalue weighted by atomic mass is 79.9. The summed E-state index contributed by atoms with van der Waals surface area (Å²) in [6.07, 6.45) is 4.10. The second-order valence-electron chi connectivity index (χ2n) is 7.34. The van der Waals surface area contributed by atoms with Crippen molar-refractivity contribution in [1.29, 1.82) is 0 Å². The van der Waals surface area contributed by atoms with E-state index in [9.17, 15) is 9.59 Å². The first-order chi connectivity index (χ1) is 14.1. The Morgan fingerprint density at radius 1 is 1.20 bits per heavy atom. The Kier molecular flexibility index (Phi) is 6.80. The lowest BCUT2D eigenvalue weighted by Gasteiger charge is -2.30. The Bertz CT molecular complexity index is 1020. The summed E-state index contributed by atoms with van der Waals surface area (Å²) in [5.41, 5.74) is 1.31. The average Bonchev–Trinajstić information content (AvgIpc) is 2.68. The molecule has 0 aromatic heterocycles. The van der Waals surface area contributed by atoms with Crippen molar-refractivity contribution in [3.05, 3.63) is 67.6 Å². The van der Waals surface area contributed by atoms with Gasteiger partial charge in [-0.1, -0.05) is 41.4 Å². The molecule has 1 heterocycles. The van der Waals surface area contributed by atoms with Gasteiger partial charge in [0.05, 0.1) is 27.2 Å². The van der Waals surface area contributed by atoms with Gasteiger partial charge in [0.2, 0.25) is 0 Å². The normalized spacial score (nSPS) is 15.0. The molecule has 2 aromatic carbocycles. The minimum Gasteiger partial charge on any atom is -0.482 e. The molecule has 5 nitrogen and oxygen atoms in total. The van der Waals surface area contributed by atoms with Gasteiger partial charge in [-0.25, -0.2) is 4.79 Å². The molecule has 0 unspecified atom stereocenters. The molecule has 3 rings (SSSR count). The average molecular weight is 513 g/mol. The highest BCUT2D eigenvalue weighted by Gasteiger charge is 2.29. The van der Waals surface area contributed by atoms with Crippen LogP contribution in [0.3, 0.4) is 0 Å². The molecule has 0 saturated carbocycles.